The van der Waals surface area contributed by atoms with Crippen LogP contribution in [0.25, 0.3) is 0 Å². The van der Waals surface area contributed by atoms with Gasteiger partial charge in [-0.1, -0.05) is 24.3 Å². The normalized spacial score (nSPS) is 10.5. The topological polar surface area (TPSA) is 68.2 Å². The molecule has 29 heavy (non-hydrogen) atoms. The lowest BCUT2D eigenvalue weighted by molar-refractivity contribution is 0.0975. The van der Waals surface area contributed by atoms with Gasteiger partial charge in [-0.3, -0.25) is 14.8 Å². The molecule has 2 aromatic carbocycles. The molecule has 0 atom stereocenters. The quantitative estimate of drug-likeness (QED) is 0.629. The van der Waals surface area contributed by atoms with Gasteiger partial charge < -0.3 is 10.1 Å². The average molecular weight is 409 g/mol. The van der Waals surface area contributed by atoms with Crippen molar-refractivity contribution in [2.45, 2.75) is 20.3 Å². The second-order valence-corrected chi connectivity index (χ2v) is 7.16. The molecule has 0 unspecified atom stereocenters. The summed E-state index contributed by atoms with van der Waals surface area (Å²) in [5, 5.41) is 10.4. The molecule has 6 nitrogen and oxygen atoms in total. The van der Waals surface area contributed by atoms with Crippen LogP contribution < -0.4 is 15.4 Å². The van der Waals surface area contributed by atoms with E-state index >= 15 is 0 Å². The molecule has 2 N–H and O–H groups in total. The summed E-state index contributed by atoms with van der Waals surface area (Å²) >= 11 is 5.27. The van der Waals surface area contributed by atoms with Crippen molar-refractivity contribution in [3.8, 4) is 5.75 Å². The maximum atomic E-state index is 12.4. The van der Waals surface area contributed by atoms with E-state index in [0.29, 0.717) is 11.3 Å². The average Bonchev–Trinajstić information content (AvgIpc) is 2.95. The standard InChI is InChI=1S/C22H24N4O2S/c1-14-19(15(2)26(3)25-14)13-16-9-11-17(12-10-16)23-22(29)24-21(27)18-7-5-6-8-20(18)28-4/h5-12H,13H2,1-4H3,(H2,23,24,27,29). The molecule has 0 fully saturated rings. The van der Waals surface area contributed by atoms with Crippen LogP contribution in [-0.2, 0) is 13.5 Å². The number of hydrogen-bond acceptors (Lipinski definition) is 4. The lowest BCUT2D eigenvalue weighted by atomic mass is 10.0. The minimum absolute atomic E-state index is 0.229. The molecule has 1 heterocycles. The summed E-state index contributed by atoms with van der Waals surface area (Å²) in [6, 6.07) is 15.0. The van der Waals surface area contributed by atoms with Crippen molar-refractivity contribution in [1.29, 1.82) is 0 Å². The van der Waals surface area contributed by atoms with Crippen LogP contribution in [0.15, 0.2) is 48.5 Å². The SMILES string of the molecule is COc1ccccc1C(=O)NC(=S)Nc1ccc(Cc2c(C)nn(C)c2C)cc1. The van der Waals surface area contributed by atoms with E-state index in [4.69, 9.17) is 17.0 Å². The number of amides is 1. The second-order valence-electron chi connectivity index (χ2n) is 6.76. The van der Waals surface area contributed by atoms with Gasteiger partial charge in [-0.2, -0.15) is 5.10 Å². The van der Waals surface area contributed by atoms with Crippen molar-refractivity contribution in [3.05, 3.63) is 76.6 Å². The van der Waals surface area contributed by atoms with E-state index in [1.165, 1.54) is 23.9 Å². The van der Waals surface area contributed by atoms with Crippen LogP contribution in [0.4, 0.5) is 5.69 Å². The Morgan fingerprint density at radius 2 is 1.83 bits per heavy atom. The minimum atomic E-state index is -0.320. The number of benzene rings is 2. The van der Waals surface area contributed by atoms with Crippen molar-refractivity contribution < 1.29 is 9.53 Å². The van der Waals surface area contributed by atoms with E-state index < -0.39 is 0 Å². The third kappa shape index (κ3) is 4.81. The number of anilines is 1. The Labute approximate surface area is 175 Å². The van der Waals surface area contributed by atoms with Gasteiger partial charge >= 0.3 is 0 Å². The summed E-state index contributed by atoms with van der Waals surface area (Å²) in [6.07, 6.45) is 0.820. The summed E-state index contributed by atoms with van der Waals surface area (Å²) in [6.45, 7) is 4.11. The van der Waals surface area contributed by atoms with Crippen LogP contribution >= 0.6 is 12.2 Å². The summed E-state index contributed by atoms with van der Waals surface area (Å²) in [5.41, 5.74) is 5.87. The van der Waals surface area contributed by atoms with E-state index in [1.54, 1.807) is 18.2 Å². The molecule has 0 aliphatic rings. The highest BCUT2D eigenvalue weighted by Gasteiger charge is 2.13. The maximum absolute atomic E-state index is 12.4. The van der Waals surface area contributed by atoms with Gasteiger partial charge in [0.1, 0.15) is 5.75 Å². The van der Waals surface area contributed by atoms with Crippen LogP contribution in [0, 0.1) is 13.8 Å². The molecule has 3 rings (SSSR count). The van der Waals surface area contributed by atoms with Gasteiger partial charge in [0, 0.05) is 30.4 Å². The van der Waals surface area contributed by atoms with Crippen LogP contribution in [0.5, 0.6) is 5.75 Å². The molecule has 0 aliphatic carbocycles. The Hall–Kier alpha value is -3.19. The van der Waals surface area contributed by atoms with Gasteiger partial charge in [0.2, 0.25) is 0 Å². The molecule has 0 saturated carbocycles. The first-order valence-corrected chi connectivity index (χ1v) is 9.63. The molecule has 0 bridgehead atoms. The lowest BCUT2D eigenvalue weighted by Crippen LogP contribution is -2.34. The maximum Gasteiger partial charge on any atom is 0.261 e. The van der Waals surface area contributed by atoms with Gasteiger partial charge in [-0.25, -0.2) is 0 Å². The Balaban J connectivity index is 1.62. The third-order valence-corrected chi connectivity index (χ3v) is 5.03. The summed E-state index contributed by atoms with van der Waals surface area (Å²) < 4.78 is 7.12. The number of carbonyl (C=O) groups excluding carboxylic acids is 1. The second kappa shape index (κ2) is 8.87. The molecular weight excluding hydrogens is 384 g/mol. The van der Waals surface area contributed by atoms with Crippen molar-refractivity contribution in [2.75, 3.05) is 12.4 Å². The summed E-state index contributed by atoms with van der Waals surface area (Å²) in [4.78, 5) is 12.4. The summed E-state index contributed by atoms with van der Waals surface area (Å²) in [7, 11) is 3.48. The monoisotopic (exact) mass is 408 g/mol. The number of nitrogens with one attached hydrogen (secondary N) is 2. The highest BCUT2D eigenvalue weighted by molar-refractivity contribution is 7.80. The lowest BCUT2D eigenvalue weighted by Gasteiger charge is -2.12. The van der Waals surface area contributed by atoms with E-state index in [2.05, 4.69) is 22.7 Å². The predicted molar refractivity (Wildman–Crippen MR) is 119 cm³/mol. The van der Waals surface area contributed by atoms with Crippen molar-refractivity contribution in [3.63, 3.8) is 0 Å². The largest absolute Gasteiger partial charge is 0.496 e. The number of rotatable bonds is 5. The molecule has 0 radical (unpaired) electrons. The Morgan fingerprint density at radius 3 is 2.45 bits per heavy atom. The van der Waals surface area contributed by atoms with Crippen LogP contribution in [0.1, 0.15) is 32.9 Å². The number of carbonyl (C=O) groups is 1. The van der Waals surface area contributed by atoms with E-state index in [0.717, 1.165) is 17.8 Å². The smallest absolute Gasteiger partial charge is 0.261 e. The molecule has 0 saturated heterocycles. The van der Waals surface area contributed by atoms with Crippen molar-refractivity contribution in [1.82, 2.24) is 15.1 Å². The molecule has 7 heteroatoms. The number of ether oxygens (including phenoxy) is 1. The highest BCUT2D eigenvalue weighted by Crippen LogP contribution is 2.19. The van der Waals surface area contributed by atoms with Gasteiger partial charge in [0.25, 0.3) is 5.91 Å². The number of para-hydroxylation sites is 1. The van der Waals surface area contributed by atoms with Crippen molar-refractivity contribution >= 4 is 28.9 Å². The van der Waals surface area contributed by atoms with Gasteiger partial charge in [-0.05, 0) is 55.9 Å². The zero-order valence-electron chi connectivity index (χ0n) is 16.9. The first-order chi connectivity index (χ1) is 13.9. The molecular formula is C22H24N4O2S. The number of hydrogen-bond donors (Lipinski definition) is 2. The molecule has 0 spiro atoms. The Bertz CT molecular complexity index is 1040. The molecule has 1 aromatic heterocycles. The van der Waals surface area contributed by atoms with E-state index in [-0.39, 0.29) is 11.0 Å². The number of aryl methyl sites for hydroxylation is 2. The van der Waals surface area contributed by atoms with Crippen LogP contribution in [-0.4, -0.2) is 27.9 Å². The molecule has 1 amide bonds. The highest BCUT2D eigenvalue weighted by atomic mass is 32.1. The molecule has 150 valence electrons. The van der Waals surface area contributed by atoms with E-state index in [1.807, 2.05) is 49.0 Å². The zero-order chi connectivity index (χ0) is 21.0. The first kappa shape index (κ1) is 20.5. The third-order valence-electron chi connectivity index (χ3n) is 4.83. The predicted octanol–water partition coefficient (Wildman–Crippen LogP) is 3.76. The fraction of sp³-hybridized carbons (Fsp3) is 0.227. The minimum Gasteiger partial charge on any atom is -0.496 e. The first-order valence-electron chi connectivity index (χ1n) is 9.22. The van der Waals surface area contributed by atoms with Gasteiger partial charge in [0.05, 0.1) is 18.4 Å². The van der Waals surface area contributed by atoms with Gasteiger partial charge in [0.15, 0.2) is 5.11 Å². The number of nitrogens with zero attached hydrogens (tertiary/aromatic N) is 2. The zero-order valence-corrected chi connectivity index (χ0v) is 17.8. The number of methoxy groups -OCH3 is 1. The molecule has 0 aliphatic heterocycles. The molecule has 3 aromatic rings. The Morgan fingerprint density at radius 1 is 1.14 bits per heavy atom. The summed E-state index contributed by atoms with van der Waals surface area (Å²) in [5.74, 6) is 0.178. The fourth-order valence-corrected chi connectivity index (χ4v) is 3.36. The number of thiocarbonyl (C=S) groups is 1. The fourth-order valence-electron chi connectivity index (χ4n) is 3.15. The van der Waals surface area contributed by atoms with Crippen LogP contribution in [0.3, 0.4) is 0 Å². The van der Waals surface area contributed by atoms with Gasteiger partial charge in [-0.15, -0.1) is 0 Å². The number of aromatic nitrogens is 2. The Kier molecular flexibility index (Phi) is 6.29. The van der Waals surface area contributed by atoms with Crippen molar-refractivity contribution in [2.24, 2.45) is 7.05 Å². The van der Waals surface area contributed by atoms with E-state index in [9.17, 15) is 4.79 Å². The van der Waals surface area contributed by atoms with Crippen LogP contribution in [0.2, 0.25) is 0 Å².